The first-order chi connectivity index (χ1) is 10.9. The molecule has 7 heteroatoms. The molecule has 0 aromatic carbocycles. The molecule has 24 heavy (non-hydrogen) atoms. The molecule has 2 saturated heterocycles. The zero-order valence-corrected chi connectivity index (χ0v) is 15.3. The minimum absolute atomic E-state index is 0.0324. The lowest BCUT2D eigenvalue weighted by atomic mass is 10.1. The van der Waals surface area contributed by atoms with E-state index in [1.165, 1.54) is 0 Å². The first kappa shape index (κ1) is 18.5. The summed E-state index contributed by atoms with van der Waals surface area (Å²) in [5.74, 6) is -0.615. The van der Waals surface area contributed by atoms with Crippen molar-refractivity contribution in [3.05, 3.63) is 0 Å². The van der Waals surface area contributed by atoms with Gasteiger partial charge in [0.15, 0.2) is 0 Å². The second-order valence-corrected chi connectivity index (χ2v) is 8.46. The molecule has 0 aliphatic carbocycles. The highest BCUT2D eigenvalue weighted by Crippen LogP contribution is 2.35. The molecule has 0 bridgehead atoms. The minimum atomic E-state index is -0.643. The van der Waals surface area contributed by atoms with Crippen molar-refractivity contribution in [1.82, 2.24) is 10.2 Å². The second kappa shape index (κ2) is 6.26. The Morgan fingerprint density at radius 2 is 1.62 bits per heavy atom. The molecule has 2 amide bonds. The molecule has 0 aromatic heterocycles. The van der Waals surface area contributed by atoms with Crippen LogP contribution in [0.25, 0.3) is 0 Å². The molecule has 7 nitrogen and oxygen atoms in total. The number of nitrogens with zero attached hydrogens (tertiary/aromatic N) is 1. The number of carbonyl (C=O) groups is 3. The number of hydrogen-bond donors (Lipinski definition) is 1. The van der Waals surface area contributed by atoms with Crippen molar-refractivity contribution < 1.29 is 23.9 Å². The van der Waals surface area contributed by atoms with Crippen LogP contribution in [0.3, 0.4) is 0 Å². The summed E-state index contributed by atoms with van der Waals surface area (Å²) in [6, 6.07) is -1.24. The predicted octanol–water partition coefficient (Wildman–Crippen LogP) is 1.98. The van der Waals surface area contributed by atoms with Gasteiger partial charge in [-0.1, -0.05) is 0 Å². The molecule has 2 rings (SSSR count). The summed E-state index contributed by atoms with van der Waals surface area (Å²) in [6.07, 6.45) is 1.22. The molecule has 2 aliphatic rings. The van der Waals surface area contributed by atoms with Crippen LogP contribution >= 0.6 is 0 Å². The number of amides is 2. The van der Waals surface area contributed by atoms with Gasteiger partial charge in [-0.05, 0) is 60.8 Å². The molecular weight excluding hydrogens is 312 g/mol. The zero-order chi connectivity index (χ0) is 18.3. The van der Waals surface area contributed by atoms with Gasteiger partial charge in [0.1, 0.15) is 23.3 Å². The number of rotatable bonds is 2. The average molecular weight is 340 g/mol. The summed E-state index contributed by atoms with van der Waals surface area (Å²) < 4.78 is 10.6. The van der Waals surface area contributed by atoms with Gasteiger partial charge in [0, 0.05) is 6.04 Å². The Labute approximate surface area is 143 Å². The fourth-order valence-corrected chi connectivity index (χ4v) is 3.17. The van der Waals surface area contributed by atoms with Crippen molar-refractivity contribution in [3.8, 4) is 0 Å². The van der Waals surface area contributed by atoms with Gasteiger partial charge in [-0.2, -0.15) is 0 Å². The van der Waals surface area contributed by atoms with Crippen LogP contribution < -0.4 is 5.32 Å². The fraction of sp³-hybridized carbons (Fsp3) is 0.824. The van der Waals surface area contributed by atoms with E-state index in [0.717, 1.165) is 6.42 Å². The Hall–Kier alpha value is -1.79. The van der Waals surface area contributed by atoms with Crippen molar-refractivity contribution >= 4 is 18.0 Å². The van der Waals surface area contributed by atoms with Crippen LogP contribution in [-0.2, 0) is 19.1 Å². The molecule has 1 N–H and O–H groups in total. The number of nitrogens with one attached hydrogen (secondary N) is 1. The van der Waals surface area contributed by atoms with Gasteiger partial charge in [-0.15, -0.1) is 0 Å². The maximum absolute atomic E-state index is 12.6. The summed E-state index contributed by atoms with van der Waals surface area (Å²) >= 11 is 0. The average Bonchev–Trinajstić information content (AvgIpc) is 2.87. The minimum Gasteiger partial charge on any atom is -0.458 e. The molecule has 3 atom stereocenters. The summed E-state index contributed by atoms with van der Waals surface area (Å²) in [5, 5.41) is 2.62. The molecule has 0 spiro atoms. The number of ether oxygens (including phenoxy) is 2. The number of esters is 1. The van der Waals surface area contributed by atoms with Gasteiger partial charge in [0.05, 0.1) is 0 Å². The van der Waals surface area contributed by atoms with Crippen molar-refractivity contribution in [1.29, 1.82) is 0 Å². The Kier molecular flexibility index (Phi) is 4.84. The highest BCUT2D eigenvalue weighted by atomic mass is 16.6. The van der Waals surface area contributed by atoms with Gasteiger partial charge in [0.2, 0.25) is 5.91 Å². The van der Waals surface area contributed by atoms with E-state index in [1.807, 2.05) is 0 Å². The molecule has 136 valence electrons. The highest BCUT2D eigenvalue weighted by Gasteiger charge is 2.50. The summed E-state index contributed by atoms with van der Waals surface area (Å²) in [4.78, 5) is 38.4. The zero-order valence-electron chi connectivity index (χ0n) is 15.3. The van der Waals surface area contributed by atoms with Crippen LogP contribution in [0.4, 0.5) is 4.79 Å². The van der Waals surface area contributed by atoms with Crippen LogP contribution in [0.15, 0.2) is 0 Å². The molecule has 2 fully saturated rings. The lowest BCUT2D eigenvalue weighted by Gasteiger charge is -2.27. The number of fused-ring (bicyclic) bond motifs is 1. The van der Waals surface area contributed by atoms with Gasteiger partial charge >= 0.3 is 12.1 Å². The molecule has 2 heterocycles. The third kappa shape index (κ3) is 4.39. The Morgan fingerprint density at radius 1 is 1.04 bits per heavy atom. The van der Waals surface area contributed by atoms with E-state index in [4.69, 9.17) is 9.47 Å². The first-order valence-electron chi connectivity index (χ1n) is 8.42. The number of carbonyl (C=O) groups excluding carboxylic acids is 3. The summed E-state index contributed by atoms with van der Waals surface area (Å²) in [6.45, 7) is 10.7. The number of hydrogen-bond acceptors (Lipinski definition) is 5. The van der Waals surface area contributed by atoms with E-state index in [2.05, 4.69) is 5.32 Å². The fourth-order valence-electron chi connectivity index (χ4n) is 3.17. The molecule has 0 unspecified atom stereocenters. The molecular formula is C17H28N2O5. The van der Waals surface area contributed by atoms with Crippen LogP contribution in [0, 0.1) is 0 Å². The molecule has 2 aliphatic heterocycles. The largest absolute Gasteiger partial charge is 0.458 e. The van der Waals surface area contributed by atoms with Gasteiger partial charge in [-0.25, -0.2) is 9.59 Å². The lowest BCUT2D eigenvalue weighted by molar-refractivity contribution is -0.163. The monoisotopic (exact) mass is 340 g/mol. The standard InChI is InChI=1S/C17H28N2O5/c1-16(2,3)23-14(21)12-8-7-10-9-11(13(20)19(10)12)18-15(22)24-17(4,5)6/h10-12H,7-9H2,1-6H3,(H,18,22)/t10-,11+,12-/m0/s1. The highest BCUT2D eigenvalue weighted by molar-refractivity contribution is 5.92. The second-order valence-electron chi connectivity index (χ2n) is 8.46. The summed E-state index contributed by atoms with van der Waals surface area (Å²) in [5.41, 5.74) is -1.22. The van der Waals surface area contributed by atoms with Gasteiger partial charge in [-0.3, -0.25) is 4.79 Å². The Morgan fingerprint density at radius 3 is 2.17 bits per heavy atom. The lowest BCUT2D eigenvalue weighted by Crippen LogP contribution is -2.48. The Bertz CT molecular complexity index is 532. The van der Waals surface area contributed by atoms with Crippen LogP contribution in [0.1, 0.15) is 60.8 Å². The van der Waals surface area contributed by atoms with E-state index < -0.39 is 29.4 Å². The van der Waals surface area contributed by atoms with Crippen molar-refractivity contribution in [3.63, 3.8) is 0 Å². The van der Waals surface area contributed by atoms with E-state index in [1.54, 1.807) is 46.4 Å². The van der Waals surface area contributed by atoms with Crippen molar-refractivity contribution in [2.75, 3.05) is 0 Å². The van der Waals surface area contributed by atoms with E-state index >= 15 is 0 Å². The molecule has 0 radical (unpaired) electrons. The third-order valence-electron chi connectivity index (χ3n) is 3.93. The van der Waals surface area contributed by atoms with E-state index in [0.29, 0.717) is 12.8 Å². The smallest absolute Gasteiger partial charge is 0.408 e. The maximum Gasteiger partial charge on any atom is 0.408 e. The van der Waals surface area contributed by atoms with Crippen molar-refractivity contribution in [2.45, 2.75) is 90.1 Å². The predicted molar refractivity (Wildman–Crippen MR) is 87.3 cm³/mol. The first-order valence-corrected chi connectivity index (χ1v) is 8.42. The van der Waals surface area contributed by atoms with E-state index in [9.17, 15) is 14.4 Å². The molecule has 0 aromatic rings. The third-order valence-corrected chi connectivity index (χ3v) is 3.93. The van der Waals surface area contributed by atoms with Gasteiger partial charge < -0.3 is 19.7 Å². The van der Waals surface area contributed by atoms with Crippen LogP contribution in [-0.4, -0.2) is 52.2 Å². The normalized spacial score (nSPS) is 27.0. The van der Waals surface area contributed by atoms with Crippen LogP contribution in [0.5, 0.6) is 0 Å². The topological polar surface area (TPSA) is 84.9 Å². The Balaban J connectivity index is 2.00. The summed E-state index contributed by atoms with van der Waals surface area (Å²) in [7, 11) is 0. The van der Waals surface area contributed by atoms with Gasteiger partial charge in [0.25, 0.3) is 0 Å². The molecule has 0 saturated carbocycles. The maximum atomic E-state index is 12.6. The number of alkyl carbamates (subject to hydrolysis) is 1. The SMILES string of the molecule is CC(C)(C)OC(=O)N[C@@H]1C[C@@H]2CC[C@@H](C(=O)OC(C)(C)C)N2C1=O. The van der Waals surface area contributed by atoms with Crippen molar-refractivity contribution in [2.24, 2.45) is 0 Å². The van der Waals surface area contributed by atoms with Crippen LogP contribution in [0.2, 0.25) is 0 Å². The quantitative estimate of drug-likeness (QED) is 0.777. The van der Waals surface area contributed by atoms with E-state index in [-0.39, 0.29) is 17.9 Å².